The van der Waals surface area contributed by atoms with E-state index in [-0.39, 0.29) is 11.9 Å². The van der Waals surface area contributed by atoms with Crippen LogP contribution in [0.15, 0.2) is 30.7 Å². The molecule has 0 unspecified atom stereocenters. The summed E-state index contributed by atoms with van der Waals surface area (Å²) in [7, 11) is 0. The number of aromatic amines is 1. The number of nitrogens with one attached hydrogen (secondary N) is 1. The summed E-state index contributed by atoms with van der Waals surface area (Å²) in [5, 5.41) is 10.7. The van der Waals surface area contributed by atoms with Gasteiger partial charge in [0.2, 0.25) is 0 Å². The Labute approximate surface area is 105 Å². The van der Waals surface area contributed by atoms with Gasteiger partial charge in [0.15, 0.2) is 0 Å². The summed E-state index contributed by atoms with van der Waals surface area (Å²) in [6.07, 6.45) is 7.37. The molecule has 6 nitrogen and oxygen atoms in total. The number of hydrogen-bond donors (Lipinski definition) is 1. The molecule has 1 atom stereocenters. The summed E-state index contributed by atoms with van der Waals surface area (Å²) in [4.78, 5) is 14.2. The number of rotatable bonds is 3. The molecular formula is C12H15N5O. The predicted octanol–water partition coefficient (Wildman–Crippen LogP) is 0.911. The maximum atomic E-state index is 12.3. The third kappa shape index (κ3) is 2.01. The average molecular weight is 245 g/mol. The minimum atomic E-state index is 0.0298. The fraction of sp³-hybridized carbons (Fsp3) is 0.417. The Kier molecular flexibility index (Phi) is 2.84. The third-order valence-electron chi connectivity index (χ3n) is 3.33. The molecular weight excluding hydrogens is 230 g/mol. The largest absolute Gasteiger partial charge is 0.332 e. The molecule has 1 aliphatic rings. The van der Waals surface area contributed by atoms with Crippen LogP contribution < -0.4 is 0 Å². The molecule has 94 valence electrons. The maximum Gasteiger partial charge on any atom is 0.272 e. The van der Waals surface area contributed by atoms with Crippen LogP contribution >= 0.6 is 0 Å². The van der Waals surface area contributed by atoms with E-state index >= 15 is 0 Å². The zero-order valence-electron chi connectivity index (χ0n) is 9.99. The van der Waals surface area contributed by atoms with E-state index in [0.717, 1.165) is 25.9 Å². The van der Waals surface area contributed by atoms with Crippen molar-refractivity contribution in [3.05, 3.63) is 36.4 Å². The lowest BCUT2D eigenvalue weighted by Crippen LogP contribution is -2.38. The summed E-state index contributed by atoms with van der Waals surface area (Å²) < 4.78 is 1.88. The molecule has 2 aromatic heterocycles. The van der Waals surface area contributed by atoms with Crippen LogP contribution in [0.1, 0.15) is 23.3 Å². The first-order valence-corrected chi connectivity index (χ1v) is 6.12. The number of hydrogen-bond acceptors (Lipinski definition) is 3. The summed E-state index contributed by atoms with van der Waals surface area (Å²) in [6.45, 7) is 1.57. The van der Waals surface area contributed by atoms with Gasteiger partial charge in [-0.2, -0.15) is 10.2 Å². The first-order chi connectivity index (χ1) is 8.84. The fourth-order valence-electron chi connectivity index (χ4n) is 2.45. The van der Waals surface area contributed by atoms with Gasteiger partial charge in [-0.1, -0.05) is 0 Å². The van der Waals surface area contributed by atoms with Gasteiger partial charge in [0.25, 0.3) is 5.91 Å². The predicted molar refractivity (Wildman–Crippen MR) is 64.9 cm³/mol. The molecule has 0 aromatic carbocycles. The Balaban J connectivity index is 1.73. The highest BCUT2D eigenvalue weighted by Gasteiger charge is 2.30. The highest BCUT2D eigenvalue weighted by Crippen LogP contribution is 2.20. The molecule has 2 aromatic rings. The Hall–Kier alpha value is -2.11. The van der Waals surface area contributed by atoms with Crippen LogP contribution in [0.3, 0.4) is 0 Å². The lowest BCUT2D eigenvalue weighted by molar-refractivity contribution is 0.0715. The lowest BCUT2D eigenvalue weighted by Gasteiger charge is -2.24. The van der Waals surface area contributed by atoms with Gasteiger partial charge < -0.3 is 4.90 Å². The SMILES string of the molecule is O=C(c1ccn[nH]1)N1CCC[C@H]1Cn1cccn1. The second-order valence-corrected chi connectivity index (χ2v) is 4.49. The Bertz CT molecular complexity index is 505. The van der Waals surface area contributed by atoms with Gasteiger partial charge in [0, 0.05) is 25.1 Å². The highest BCUT2D eigenvalue weighted by atomic mass is 16.2. The van der Waals surface area contributed by atoms with Crippen molar-refractivity contribution < 1.29 is 4.79 Å². The van der Waals surface area contributed by atoms with Crippen molar-refractivity contribution in [3.8, 4) is 0 Å². The number of amides is 1. The first-order valence-electron chi connectivity index (χ1n) is 6.12. The van der Waals surface area contributed by atoms with Crippen molar-refractivity contribution in [2.24, 2.45) is 0 Å². The quantitative estimate of drug-likeness (QED) is 0.874. The zero-order valence-corrected chi connectivity index (χ0v) is 9.99. The zero-order chi connectivity index (χ0) is 12.4. The van der Waals surface area contributed by atoms with Crippen LogP contribution in [0.5, 0.6) is 0 Å². The van der Waals surface area contributed by atoms with Gasteiger partial charge in [0.1, 0.15) is 5.69 Å². The molecule has 1 N–H and O–H groups in total. The van der Waals surface area contributed by atoms with Gasteiger partial charge in [-0.05, 0) is 25.0 Å². The fourth-order valence-corrected chi connectivity index (χ4v) is 2.45. The van der Waals surface area contributed by atoms with Crippen LogP contribution in [-0.2, 0) is 6.54 Å². The van der Waals surface area contributed by atoms with Crippen molar-refractivity contribution in [1.82, 2.24) is 24.9 Å². The number of nitrogens with zero attached hydrogens (tertiary/aromatic N) is 4. The van der Waals surface area contributed by atoms with Crippen LogP contribution in [-0.4, -0.2) is 43.4 Å². The van der Waals surface area contributed by atoms with Crippen molar-refractivity contribution in [3.63, 3.8) is 0 Å². The monoisotopic (exact) mass is 245 g/mol. The van der Waals surface area contributed by atoms with Crippen molar-refractivity contribution in [1.29, 1.82) is 0 Å². The number of likely N-dealkylation sites (tertiary alicyclic amines) is 1. The highest BCUT2D eigenvalue weighted by molar-refractivity contribution is 5.92. The average Bonchev–Trinajstić information content (AvgIpc) is 3.12. The molecule has 1 amide bonds. The van der Waals surface area contributed by atoms with Gasteiger partial charge >= 0.3 is 0 Å². The molecule has 6 heteroatoms. The molecule has 0 aliphatic carbocycles. The molecule has 3 heterocycles. The molecule has 0 saturated carbocycles. The van der Waals surface area contributed by atoms with E-state index in [0.29, 0.717) is 5.69 Å². The van der Waals surface area contributed by atoms with Crippen molar-refractivity contribution in [2.45, 2.75) is 25.4 Å². The molecule has 18 heavy (non-hydrogen) atoms. The number of H-pyrrole nitrogens is 1. The lowest BCUT2D eigenvalue weighted by atomic mass is 10.2. The summed E-state index contributed by atoms with van der Waals surface area (Å²) in [5.74, 6) is 0.0298. The molecule has 0 bridgehead atoms. The minimum Gasteiger partial charge on any atom is -0.332 e. The van der Waals surface area contributed by atoms with Crippen LogP contribution in [0.4, 0.5) is 0 Å². The molecule has 1 fully saturated rings. The topological polar surface area (TPSA) is 66.8 Å². The van der Waals surface area contributed by atoms with Gasteiger partial charge in [-0.3, -0.25) is 14.6 Å². The molecule has 3 rings (SSSR count). The minimum absolute atomic E-state index is 0.0298. The van der Waals surface area contributed by atoms with E-state index in [1.165, 1.54) is 0 Å². The van der Waals surface area contributed by atoms with E-state index in [1.54, 1.807) is 18.5 Å². The third-order valence-corrected chi connectivity index (χ3v) is 3.33. The second kappa shape index (κ2) is 4.64. The Morgan fingerprint density at radius 1 is 1.50 bits per heavy atom. The molecule has 0 spiro atoms. The first kappa shape index (κ1) is 11.0. The number of aromatic nitrogens is 4. The van der Waals surface area contributed by atoms with Crippen molar-refractivity contribution in [2.75, 3.05) is 6.54 Å². The molecule has 0 radical (unpaired) electrons. The van der Waals surface area contributed by atoms with Crippen LogP contribution in [0.25, 0.3) is 0 Å². The molecule has 1 aliphatic heterocycles. The molecule has 1 saturated heterocycles. The maximum absolute atomic E-state index is 12.3. The van der Waals surface area contributed by atoms with E-state index in [1.807, 2.05) is 21.8 Å². The summed E-state index contributed by atoms with van der Waals surface area (Å²) in [5.41, 5.74) is 0.558. The van der Waals surface area contributed by atoms with E-state index in [2.05, 4.69) is 15.3 Å². The van der Waals surface area contributed by atoms with E-state index < -0.39 is 0 Å². The van der Waals surface area contributed by atoms with E-state index in [9.17, 15) is 4.79 Å². The van der Waals surface area contributed by atoms with E-state index in [4.69, 9.17) is 0 Å². The Morgan fingerprint density at radius 3 is 3.17 bits per heavy atom. The van der Waals surface area contributed by atoms with Crippen LogP contribution in [0, 0.1) is 0 Å². The van der Waals surface area contributed by atoms with Gasteiger partial charge in [-0.15, -0.1) is 0 Å². The normalized spacial score (nSPS) is 19.3. The second-order valence-electron chi connectivity index (χ2n) is 4.49. The van der Waals surface area contributed by atoms with Gasteiger partial charge in [0.05, 0.1) is 12.6 Å². The number of carbonyl (C=O) groups excluding carboxylic acids is 1. The Morgan fingerprint density at radius 2 is 2.44 bits per heavy atom. The smallest absolute Gasteiger partial charge is 0.272 e. The summed E-state index contributed by atoms with van der Waals surface area (Å²) in [6, 6.07) is 3.84. The standard InChI is InChI=1S/C12H15N5O/c18-12(11-4-6-13-15-11)17-8-1-3-10(17)9-16-7-2-5-14-16/h2,4-7,10H,1,3,8-9H2,(H,13,15)/t10-/m0/s1. The van der Waals surface area contributed by atoms with Crippen LogP contribution in [0.2, 0.25) is 0 Å². The van der Waals surface area contributed by atoms with Crippen molar-refractivity contribution >= 4 is 5.91 Å². The summed E-state index contributed by atoms with van der Waals surface area (Å²) >= 11 is 0. The number of carbonyl (C=O) groups is 1. The van der Waals surface area contributed by atoms with Gasteiger partial charge in [-0.25, -0.2) is 0 Å².